The molecule has 26 valence electrons. The summed E-state index contributed by atoms with van der Waals surface area (Å²) in [5.41, 5.74) is 0. The molecule has 0 aromatic rings. The van der Waals surface area contributed by atoms with Crippen molar-refractivity contribution < 1.29 is 24.3 Å². The average molecular weight is 71.0 g/mol. The van der Waals surface area contributed by atoms with Crippen molar-refractivity contribution >= 4 is 0 Å². The molecule has 5 heavy (non-hydrogen) atoms. The predicted octanol–water partition coefficient (Wildman–Crippen LogP) is -3.57. The Morgan fingerprint density at radius 1 is 1.60 bits per heavy atom. The van der Waals surface area contributed by atoms with E-state index in [4.69, 9.17) is 10.1 Å². The molecular weight excluding hydrogens is 68.9 g/mol. The second kappa shape index (κ2) is 37.8. The van der Waals surface area contributed by atoms with Gasteiger partial charge in [-0.15, -0.1) is 5.34 Å². The van der Waals surface area contributed by atoms with Gasteiger partial charge in [-0.1, -0.05) is 0 Å². The van der Waals surface area contributed by atoms with Gasteiger partial charge in [-0.3, -0.25) is 0 Å². The maximum Gasteiger partial charge on any atom is 1.00 e. The summed E-state index contributed by atoms with van der Waals surface area (Å²) in [5.74, 6) is 0. The Morgan fingerprint density at radius 2 is 1.60 bits per heavy atom. The first-order valence-electron chi connectivity index (χ1n) is 0.365. The van der Waals surface area contributed by atoms with Gasteiger partial charge in [0.15, 0.2) is 0 Å². The van der Waals surface area contributed by atoms with Crippen LogP contribution in [-0.2, 0) is 0 Å². The molecular formula is H2LiNO3. The molecule has 0 unspecified atom stereocenters. The largest absolute Gasteiger partial charge is 1.00 e. The molecule has 0 rings (SSSR count). The van der Waals surface area contributed by atoms with Crippen LogP contribution in [-0.4, -0.2) is 5.48 Å². The maximum absolute atomic E-state index is 8.00. The molecule has 0 atom stereocenters. The van der Waals surface area contributed by atoms with Crippen molar-refractivity contribution in [2.75, 3.05) is 0 Å². The fraction of sp³-hybridized carbons (Fsp3) is 0. The van der Waals surface area contributed by atoms with Crippen LogP contribution < -0.4 is 18.9 Å². The fourth-order valence-electron chi connectivity index (χ4n) is 0. The van der Waals surface area contributed by atoms with Crippen LogP contribution in [0, 0.1) is 10.1 Å². The maximum atomic E-state index is 8.00. The van der Waals surface area contributed by atoms with Crippen molar-refractivity contribution in [2.24, 2.45) is 5.34 Å². The molecule has 0 aliphatic carbocycles. The number of rotatable bonds is 0. The third-order valence-corrected chi connectivity index (χ3v) is 0. The van der Waals surface area contributed by atoms with E-state index >= 15 is 0 Å². The molecule has 0 bridgehead atoms. The van der Waals surface area contributed by atoms with Gasteiger partial charge in [0.25, 0.3) is 0 Å². The van der Waals surface area contributed by atoms with Crippen LogP contribution in [0.4, 0.5) is 0 Å². The second-order valence-electron chi connectivity index (χ2n) is 0.0745. The Morgan fingerprint density at radius 3 is 1.60 bits per heavy atom. The number of hydrogen-bond acceptors (Lipinski definition) is 3. The molecule has 0 amide bonds. The molecule has 0 aromatic heterocycles. The van der Waals surface area contributed by atoms with Crippen molar-refractivity contribution in [1.82, 2.24) is 0 Å². The summed E-state index contributed by atoms with van der Waals surface area (Å²) in [7, 11) is 0. The Hall–Kier alpha value is -0.0426. The van der Waals surface area contributed by atoms with Gasteiger partial charge in [-0.25, -0.2) is 0 Å². The van der Waals surface area contributed by atoms with Crippen molar-refractivity contribution in [3.63, 3.8) is 0 Å². The van der Waals surface area contributed by atoms with Crippen LogP contribution in [0.2, 0.25) is 0 Å². The summed E-state index contributed by atoms with van der Waals surface area (Å²) in [6.07, 6.45) is 0. The van der Waals surface area contributed by atoms with E-state index in [0.717, 1.165) is 5.34 Å². The normalized spacial score (nSPS) is 2.40. The molecule has 4 nitrogen and oxygen atoms in total. The Bertz CT molecular complexity index is 14.4. The second-order valence-corrected chi connectivity index (χ2v) is 0.0745. The Kier molecular flexibility index (Phi) is 153. The molecule has 0 aliphatic rings. The van der Waals surface area contributed by atoms with Crippen molar-refractivity contribution in [2.45, 2.75) is 0 Å². The van der Waals surface area contributed by atoms with Crippen LogP contribution in [0.15, 0.2) is 5.34 Å². The van der Waals surface area contributed by atoms with Gasteiger partial charge in [0, 0.05) is 0 Å². The van der Waals surface area contributed by atoms with E-state index in [1.807, 2.05) is 0 Å². The predicted molar refractivity (Wildman–Crippen MR) is 12.8 cm³/mol. The monoisotopic (exact) mass is 71.0 g/mol. The fourth-order valence-corrected chi connectivity index (χ4v) is 0. The zero-order chi connectivity index (χ0) is 2.71. The molecule has 0 saturated carbocycles. The Balaban J connectivity index is -0.0000000200. The summed E-state index contributed by atoms with van der Waals surface area (Å²) in [6, 6.07) is 0. The standard InChI is InChI=1S/Li.HNO2.H2O/c;2-1-3;/h;(H,2,3);1H2/q+1;;/p-1. The minimum atomic E-state index is 0. The molecule has 5 heteroatoms. The van der Waals surface area contributed by atoms with E-state index in [-0.39, 0.29) is 24.3 Å². The van der Waals surface area contributed by atoms with Crippen molar-refractivity contribution in [3.8, 4) is 0 Å². The number of nitrogens with zero attached hydrogens (tertiary/aromatic N) is 1. The van der Waals surface area contributed by atoms with Crippen molar-refractivity contribution in [1.29, 1.82) is 0 Å². The van der Waals surface area contributed by atoms with Gasteiger partial charge in [0.2, 0.25) is 0 Å². The SMILES string of the molecule is O.O=N[O-].[Li+]. The van der Waals surface area contributed by atoms with E-state index < -0.39 is 0 Å². The molecule has 0 heterocycles. The summed E-state index contributed by atoms with van der Waals surface area (Å²) < 4.78 is 0. The quantitative estimate of drug-likeness (QED) is 0.168. The molecule has 0 spiro atoms. The van der Waals surface area contributed by atoms with E-state index in [1.54, 1.807) is 0 Å². The van der Waals surface area contributed by atoms with E-state index in [9.17, 15) is 0 Å². The van der Waals surface area contributed by atoms with Crippen LogP contribution in [0.25, 0.3) is 0 Å². The number of hydrogen-bond donors (Lipinski definition) is 0. The first kappa shape index (κ1) is 20.3. The van der Waals surface area contributed by atoms with Gasteiger partial charge in [0.1, 0.15) is 0 Å². The van der Waals surface area contributed by atoms with Gasteiger partial charge in [-0.05, 0) is 0 Å². The summed E-state index contributed by atoms with van der Waals surface area (Å²) in [6.45, 7) is 0. The summed E-state index contributed by atoms with van der Waals surface area (Å²) >= 11 is 0. The first-order valence-corrected chi connectivity index (χ1v) is 0.365. The average Bonchev–Trinajstić information content (AvgIpc) is 0.918. The van der Waals surface area contributed by atoms with Gasteiger partial charge >= 0.3 is 18.9 Å². The minimum absolute atomic E-state index is 0. The van der Waals surface area contributed by atoms with Gasteiger partial charge in [0.05, 0.1) is 0 Å². The summed E-state index contributed by atoms with van der Waals surface area (Å²) in [5, 5.41) is 9.00. The third-order valence-electron chi connectivity index (χ3n) is 0. The first-order chi connectivity index (χ1) is 1.41. The topological polar surface area (TPSA) is 84.0 Å². The van der Waals surface area contributed by atoms with E-state index in [0.29, 0.717) is 0 Å². The summed E-state index contributed by atoms with van der Waals surface area (Å²) in [4.78, 5) is 8.00. The zero-order valence-corrected chi connectivity index (χ0v) is 2.76. The minimum Gasteiger partial charge on any atom is -0.444 e. The van der Waals surface area contributed by atoms with E-state index in [1.165, 1.54) is 0 Å². The van der Waals surface area contributed by atoms with E-state index in [2.05, 4.69) is 0 Å². The van der Waals surface area contributed by atoms with Crippen molar-refractivity contribution in [3.05, 3.63) is 10.1 Å². The smallest absolute Gasteiger partial charge is 0.444 e. The Labute approximate surface area is 40.6 Å². The van der Waals surface area contributed by atoms with Crippen LogP contribution >= 0.6 is 0 Å². The molecule has 0 radical (unpaired) electrons. The molecule has 0 aliphatic heterocycles. The molecule has 0 aromatic carbocycles. The zero-order valence-electron chi connectivity index (χ0n) is 2.76. The third kappa shape index (κ3) is 8360. The van der Waals surface area contributed by atoms with Gasteiger partial charge < -0.3 is 15.6 Å². The molecule has 0 saturated heterocycles. The van der Waals surface area contributed by atoms with Gasteiger partial charge in [-0.2, -0.15) is 0 Å². The molecule has 0 fully saturated rings. The van der Waals surface area contributed by atoms with Crippen LogP contribution in [0.3, 0.4) is 0 Å². The van der Waals surface area contributed by atoms with Crippen LogP contribution in [0.1, 0.15) is 0 Å². The van der Waals surface area contributed by atoms with Crippen LogP contribution in [0.5, 0.6) is 0 Å². The molecule has 2 N–H and O–H groups in total.